The molecule has 0 spiro atoms. The van der Waals surface area contributed by atoms with Gasteiger partial charge in [-0.3, -0.25) is 24.0 Å². The number of aliphatic hydroxyl groups excluding tert-OH is 1. The molecule has 1 aliphatic heterocycles. The third-order valence-corrected chi connectivity index (χ3v) is 14.1. The highest BCUT2D eigenvalue weighted by Gasteiger charge is 2.78. The number of ketones is 1. The van der Waals surface area contributed by atoms with Gasteiger partial charge in [-0.1, -0.05) is 80.6 Å². The van der Waals surface area contributed by atoms with Gasteiger partial charge in [0.2, 0.25) is 6.10 Å². The second kappa shape index (κ2) is 18.8. The van der Waals surface area contributed by atoms with Crippen molar-refractivity contribution < 1.29 is 72.2 Å². The Labute approximate surface area is 387 Å². The van der Waals surface area contributed by atoms with Crippen LogP contribution in [-0.4, -0.2) is 113 Å². The van der Waals surface area contributed by atoms with Crippen LogP contribution in [0.15, 0.2) is 102 Å². The third kappa shape index (κ3) is 8.65. The Morgan fingerprint density at radius 2 is 1.45 bits per heavy atom. The maximum atomic E-state index is 15.6. The van der Waals surface area contributed by atoms with Crippen molar-refractivity contribution in [2.24, 2.45) is 22.5 Å². The first-order valence-electron chi connectivity index (χ1n) is 22.1. The van der Waals surface area contributed by atoms with Crippen LogP contribution in [0.5, 0.6) is 0 Å². The average Bonchev–Trinajstić information content (AvgIpc) is 3.29. The summed E-state index contributed by atoms with van der Waals surface area (Å²) in [4.78, 5) is 98.3. The zero-order valence-electron chi connectivity index (χ0n) is 38.1. The van der Waals surface area contributed by atoms with Crippen LogP contribution in [0, 0.1) is 16.7 Å². The van der Waals surface area contributed by atoms with Gasteiger partial charge in [0.15, 0.2) is 17.5 Å². The van der Waals surface area contributed by atoms with Crippen LogP contribution in [0.25, 0.3) is 0 Å². The molecule has 17 nitrogen and oxygen atoms in total. The van der Waals surface area contributed by atoms with E-state index in [0.29, 0.717) is 5.56 Å². The van der Waals surface area contributed by atoms with Crippen LogP contribution in [0.3, 0.4) is 0 Å². The van der Waals surface area contributed by atoms with Crippen LogP contribution >= 0.6 is 0 Å². The van der Waals surface area contributed by atoms with Crippen molar-refractivity contribution in [2.45, 2.75) is 115 Å². The number of carbonyl (C=O) groups is 7. The van der Waals surface area contributed by atoms with E-state index in [1.54, 1.807) is 92.7 Å². The fourth-order valence-corrected chi connectivity index (χ4v) is 10.6. The van der Waals surface area contributed by atoms with E-state index in [2.05, 4.69) is 5.32 Å². The normalized spacial score (nSPS) is 30.3. The fourth-order valence-electron chi connectivity index (χ4n) is 10.6. The van der Waals surface area contributed by atoms with Crippen molar-refractivity contribution in [1.29, 1.82) is 0 Å². The van der Waals surface area contributed by atoms with Gasteiger partial charge in [-0.15, -0.1) is 0 Å². The Bertz CT molecular complexity index is 2440. The highest BCUT2D eigenvalue weighted by Crippen LogP contribution is 2.64. The molecule has 0 aromatic heterocycles. The van der Waals surface area contributed by atoms with Gasteiger partial charge in [0.1, 0.15) is 30.0 Å². The SMILES string of the molecule is CC(=O)OC1C(=O)[C@@]2(C)C(C(OC(=O)c3ccccc3)[C@]3(O)C[C@H](OC(=O)[C@H](OC(=O)CCN)C(NC(=O)c4ccccc4)c4ccccc4)C(C)=C1C3(C)C)C1(OC(C)=O)COC1C[C@@H]2O. The predicted octanol–water partition coefficient (Wildman–Crippen LogP) is 3.64. The van der Waals surface area contributed by atoms with E-state index in [9.17, 15) is 34.2 Å². The lowest BCUT2D eigenvalue weighted by Gasteiger charge is -2.67. The summed E-state index contributed by atoms with van der Waals surface area (Å²) in [6.45, 7) is 7.74. The van der Waals surface area contributed by atoms with Gasteiger partial charge in [0.25, 0.3) is 5.91 Å². The van der Waals surface area contributed by atoms with E-state index < -0.39 is 119 Å². The van der Waals surface area contributed by atoms with Gasteiger partial charge in [-0.25, -0.2) is 9.59 Å². The number of hydrogen-bond acceptors (Lipinski definition) is 16. The smallest absolute Gasteiger partial charge is 0.350 e. The summed E-state index contributed by atoms with van der Waals surface area (Å²) in [6.07, 6.45) is -11.0. The highest BCUT2D eigenvalue weighted by atomic mass is 16.6. The molecule has 11 atom stereocenters. The Morgan fingerprint density at radius 1 is 0.851 bits per heavy atom. The number of nitrogens with one attached hydrogen (secondary N) is 1. The molecule has 2 bridgehead atoms. The lowest BCUT2D eigenvalue weighted by Crippen LogP contribution is -2.82. The van der Waals surface area contributed by atoms with Gasteiger partial charge in [-0.05, 0) is 54.8 Å². The molecule has 1 saturated heterocycles. The Morgan fingerprint density at radius 3 is 2.00 bits per heavy atom. The molecule has 3 aromatic carbocycles. The van der Waals surface area contributed by atoms with E-state index in [4.69, 9.17) is 34.2 Å². The van der Waals surface area contributed by atoms with E-state index in [-0.39, 0.29) is 48.3 Å². The molecule has 1 amide bonds. The minimum Gasteiger partial charge on any atom is -0.455 e. The quantitative estimate of drug-likeness (QED) is 0.108. The largest absolute Gasteiger partial charge is 0.455 e. The van der Waals surface area contributed by atoms with Crippen molar-refractivity contribution in [1.82, 2.24) is 5.32 Å². The van der Waals surface area contributed by atoms with Crippen molar-refractivity contribution in [3.05, 3.63) is 119 Å². The first-order valence-corrected chi connectivity index (χ1v) is 22.1. The summed E-state index contributed by atoms with van der Waals surface area (Å²) < 4.78 is 36.5. The average molecular weight is 925 g/mol. The molecule has 7 rings (SSSR count). The number of nitrogens with two attached hydrogens (primary N) is 1. The minimum atomic E-state index is -2.45. The molecule has 1 heterocycles. The molecule has 3 aliphatic carbocycles. The van der Waals surface area contributed by atoms with Crippen LogP contribution in [0.4, 0.5) is 0 Å². The summed E-state index contributed by atoms with van der Waals surface area (Å²) in [5, 5.41) is 28.8. The summed E-state index contributed by atoms with van der Waals surface area (Å²) in [6, 6.07) is 22.8. The number of hydrogen-bond donors (Lipinski definition) is 4. The lowest BCUT2D eigenvalue weighted by atomic mass is 9.44. The van der Waals surface area contributed by atoms with E-state index in [0.717, 1.165) is 13.8 Å². The van der Waals surface area contributed by atoms with E-state index in [1.807, 2.05) is 0 Å². The third-order valence-electron chi connectivity index (χ3n) is 14.1. The number of fused-ring (bicyclic) bond motifs is 5. The summed E-state index contributed by atoms with van der Waals surface area (Å²) in [5.41, 5.74) is -1.62. The highest BCUT2D eigenvalue weighted by molar-refractivity contribution is 5.96. The number of Topliss-reactive ketones (excluding diaryl/α,β-unsaturated/α-hetero) is 1. The molecule has 17 heteroatoms. The molecule has 5 N–H and O–H groups in total. The minimum absolute atomic E-state index is 0.0333. The number of esters is 5. The summed E-state index contributed by atoms with van der Waals surface area (Å²) in [5.74, 6) is -7.87. The van der Waals surface area contributed by atoms with Gasteiger partial charge in [0.05, 0.1) is 36.0 Å². The van der Waals surface area contributed by atoms with Crippen LogP contribution in [0.1, 0.15) is 93.1 Å². The first kappa shape index (κ1) is 48.7. The van der Waals surface area contributed by atoms with Crippen LogP contribution < -0.4 is 11.1 Å². The van der Waals surface area contributed by atoms with Crippen molar-refractivity contribution in [2.75, 3.05) is 13.2 Å². The molecule has 0 radical (unpaired) electrons. The maximum Gasteiger partial charge on any atom is 0.350 e. The summed E-state index contributed by atoms with van der Waals surface area (Å²) in [7, 11) is 0. The maximum absolute atomic E-state index is 15.6. The number of aliphatic hydroxyl groups is 2. The Kier molecular flexibility index (Phi) is 13.6. The van der Waals surface area contributed by atoms with Gasteiger partial charge in [-0.2, -0.15) is 0 Å². The van der Waals surface area contributed by atoms with Crippen LogP contribution in [0.2, 0.25) is 0 Å². The molecule has 4 aliphatic rings. The molecular formula is C50H56N2O15. The molecule has 2 saturated carbocycles. The topological polar surface area (TPSA) is 253 Å². The van der Waals surface area contributed by atoms with Gasteiger partial charge < -0.3 is 49.7 Å². The monoisotopic (exact) mass is 924 g/mol. The zero-order valence-corrected chi connectivity index (χ0v) is 38.1. The zero-order chi connectivity index (χ0) is 48.6. The Balaban J connectivity index is 1.42. The second-order valence-corrected chi connectivity index (χ2v) is 18.4. The molecular weight excluding hydrogens is 869 g/mol. The van der Waals surface area contributed by atoms with Gasteiger partial charge in [0, 0.05) is 44.2 Å². The number of benzene rings is 3. The molecule has 6 unspecified atom stereocenters. The lowest BCUT2D eigenvalue weighted by molar-refractivity contribution is -0.346. The first-order chi connectivity index (χ1) is 31.7. The number of amides is 1. The second-order valence-electron chi connectivity index (χ2n) is 18.4. The fraction of sp³-hybridized carbons (Fsp3) is 0.460. The van der Waals surface area contributed by atoms with Crippen molar-refractivity contribution in [3.8, 4) is 0 Å². The molecule has 356 valence electrons. The van der Waals surface area contributed by atoms with Crippen molar-refractivity contribution in [3.63, 3.8) is 0 Å². The number of carbonyl (C=O) groups excluding carboxylic acids is 7. The van der Waals surface area contributed by atoms with Gasteiger partial charge >= 0.3 is 29.8 Å². The Hall–Kier alpha value is -6.27. The van der Waals surface area contributed by atoms with Crippen LogP contribution in [-0.2, 0) is 52.4 Å². The molecule has 3 fully saturated rings. The molecule has 67 heavy (non-hydrogen) atoms. The van der Waals surface area contributed by atoms with E-state index in [1.165, 1.54) is 26.0 Å². The number of ether oxygens (including phenoxy) is 6. The number of rotatable bonds is 13. The molecule has 3 aromatic rings. The standard InChI is InChI=1S/C50H56N2O15/c1-27-33(64-46(60)40(65-36(56)22-23-51)38(30-16-10-7-11-17-30)52-44(58)31-18-12-8-13-19-31)25-50(61)43(66-45(59)32-20-14-9-15-21-32)41-48(6,34(55)24-35-49(41,26-62-35)67-29(3)54)42(57)39(63-28(2)53)37(27)47(50,4)5/h7-21,33-35,38-41,43,55,61H,22-26,51H2,1-6H3,(H,52,58)/t33-,34-,35?,38?,39?,40+,41?,43?,48+,49?,50+/m0/s1. The van der Waals surface area contributed by atoms with Crippen molar-refractivity contribution >= 4 is 41.5 Å². The van der Waals surface area contributed by atoms with E-state index >= 15 is 9.59 Å². The summed E-state index contributed by atoms with van der Waals surface area (Å²) >= 11 is 0. The predicted molar refractivity (Wildman–Crippen MR) is 235 cm³/mol.